The first-order chi connectivity index (χ1) is 14.5. The van der Waals surface area contributed by atoms with Crippen LogP contribution < -0.4 is 20.1 Å². The van der Waals surface area contributed by atoms with Crippen LogP contribution in [0.2, 0.25) is 0 Å². The minimum atomic E-state index is -0.241. The molecule has 1 aliphatic rings. The fourth-order valence-corrected chi connectivity index (χ4v) is 3.49. The van der Waals surface area contributed by atoms with Gasteiger partial charge in [-0.25, -0.2) is 0 Å². The summed E-state index contributed by atoms with van der Waals surface area (Å²) in [5, 5.41) is 13.8. The van der Waals surface area contributed by atoms with Crippen molar-refractivity contribution in [2.45, 2.75) is 6.54 Å². The number of ether oxygens (including phenoxy) is 2. The summed E-state index contributed by atoms with van der Waals surface area (Å²) in [6.07, 6.45) is 1.53. The first-order valence-electron chi connectivity index (χ1n) is 8.90. The Morgan fingerprint density at radius 3 is 2.80 bits per heavy atom. The van der Waals surface area contributed by atoms with Crippen molar-refractivity contribution in [1.29, 1.82) is 0 Å². The molecule has 3 rings (SSSR count). The van der Waals surface area contributed by atoms with Crippen LogP contribution in [0.3, 0.4) is 0 Å². The molecule has 2 N–H and O–H groups in total. The number of rotatable bonds is 8. The molecule has 0 saturated carbocycles. The van der Waals surface area contributed by atoms with Gasteiger partial charge in [0.2, 0.25) is 5.91 Å². The molecule has 30 heavy (non-hydrogen) atoms. The summed E-state index contributed by atoms with van der Waals surface area (Å²) < 4.78 is 11.7. The standard InChI is InChI=1S/C20H19BrN4O4S/c1-28-16-7-14(10-23-25-20-24-19(27)12-30-20)15(21)8-17(16)29-11-18(26)22-9-13-5-3-2-4-6-13/h2-8,10H,9,11-12H2,1H3,(H,22,26)(H,24,25,27). The molecule has 0 unspecified atom stereocenters. The van der Waals surface area contributed by atoms with E-state index in [-0.39, 0.29) is 18.4 Å². The van der Waals surface area contributed by atoms with Gasteiger partial charge in [0.05, 0.1) is 19.1 Å². The number of nitrogens with one attached hydrogen (secondary N) is 2. The fraction of sp³-hybridized carbons (Fsp3) is 0.200. The predicted molar refractivity (Wildman–Crippen MR) is 120 cm³/mol. The van der Waals surface area contributed by atoms with Crippen LogP contribution in [0.25, 0.3) is 0 Å². The van der Waals surface area contributed by atoms with E-state index in [0.29, 0.717) is 39.0 Å². The Kier molecular flexibility index (Phi) is 7.86. The van der Waals surface area contributed by atoms with Crippen molar-refractivity contribution in [3.05, 3.63) is 58.1 Å². The molecule has 156 valence electrons. The molecule has 0 radical (unpaired) electrons. The third-order valence-electron chi connectivity index (χ3n) is 3.91. The second-order valence-corrected chi connectivity index (χ2v) is 7.88. The summed E-state index contributed by atoms with van der Waals surface area (Å²) >= 11 is 4.74. The van der Waals surface area contributed by atoms with Gasteiger partial charge >= 0.3 is 0 Å². The molecule has 10 heteroatoms. The van der Waals surface area contributed by atoms with Crippen LogP contribution in [0.15, 0.2) is 57.1 Å². The second kappa shape index (κ2) is 10.8. The van der Waals surface area contributed by atoms with Crippen molar-refractivity contribution in [2.24, 2.45) is 10.2 Å². The molecule has 0 bridgehead atoms. The molecule has 0 atom stereocenters. The first-order valence-corrected chi connectivity index (χ1v) is 10.7. The van der Waals surface area contributed by atoms with Crippen LogP contribution in [0.4, 0.5) is 0 Å². The highest BCUT2D eigenvalue weighted by Gasteiger charge is 2.16. The lowest BCUT2D eigenvalue weighted by Crippen LogP contribution is -2.28. The maximum Gasteiger partial charge on any atom is 0.258 e. The molecular weight excluding hydrogens is 472 g/mol. The summed E-state index contributed by atoms with van der Waals surface area (Å²) in [5.41, 5.74) is 1.71. The smallest absolute Gasteiger partial charge is 0.258 e. The van der Waals surface area contributed by atoms with Crippen LogP contribution in [-0.2, 0) is 16.1 Å². The van der Waals surface area contributed by atoms with Gasteiger partial charge in [0.1, 0.15) is 0 Å². The number of halogens is 1. The van der Waals surface area contributed by atoms with E-state index >= 15 is 0 Å². The molecule has 2 amide bonds. The molecular formula is C20H19BrN4O4S. The minimum absolute atomic E-state index is 0.0916. The normalized spacial score (nSPS) is 14.7. The van der Waals surface area contributed by atoms with Crippen molar-refractivity contribution >= 4 is 50.9 Å². The van der Waals surface area contributed by atoms with Crippen molar-refractivity contribution in [3.63, 3.8) is 0 Å². The molecule has 8 nitrogen and oxygen atoms in total. The second-order valence-electron chi connectivity index (χ2n) is 6.06. The van der Waals surface area contributed by atoms with Gasteiger partial charge in [-0.05, 0) is 33.6 Å². The van der Waals surface area contributed by atoms with Crippen molar-refractivity contribution in [3.8, 4) is 11.5 Å². The van der Waals surface area contributed by atoms with E-state index in [1.54, 1.807) is 12.1 Å². The van der Waals surface area contributed by atoms with E-state index in [4.69, 9.17) is 9.47 Å². The zero-order chi connectivity index (χ0) is 21.3. The molecule has 2 aromatic carbocycles. The zero-order valence-corrected chi connectivity index (χ0v) is 18.5. The zero-order valence-electron chi connectivity index (χ0n) is 16.1. The number of benzene rings is 2. The molecule has 1 heterocycles. The summed E-state index contributed by atoms with van der Waals surface area (Å²) in [6.45, 7) is 0.286. The highest BCUT2D eigenvalue weighted by atomic mass is 79.9. The monoisotopic (exact) mass is 490 g/mol. The van der Waals surface area contributed by atoms with Gasteiger partial charge in [-0.2, -0.15) is 5.10 Å². The van der Waals surface area contributed by atoms with Crippen molar-refractivity contribution < 1.29 is 19.1 Å². The minimum Gasteiger partial charge on any atom is -0.493 e. The number of thioether (sulfide) groups is 1. The maximum atomic E-state index is 12.1. The van der Waals surface area contributed by atoms with E-state index < -0.39 is 0 Å². The van der Waals surface area contributed by atoms with Gasteiger partial charge in [0.25, 0.3) is 5.91 Å². The SMILES string of the molecule is COc1cc(C=NN=C2NC(=O)CS2)c(Br)cc1OCC(=O)NCc1ccccc1. The topological polar surface area (TPSA) is 101 Å². The number of hydrogen-bond donors (Lipinski definition) is 2. The molecule has 2 aromatic rings. The number of methoxy groups -OCH3 is 1. The molecule has 0 spiro atoms. The molecule has 0 aromatic heterocycles. The summed E-state index contributed by atoms with van der Waals surface area (Å²) in [6, 6.07) is 13.0. The van der Waals surface area contributed by atoms with Crippen LogP contribution >= 0.6 is 27.7 Å². The molecule has 1 saturated heterocycles. The Labute approximate surface area is 186 Å². The molecule has 1 fully saturated rings. The van der Waals surface area contributed by atoms with Gasteiger partial charge < -0.3 is 20.1 Å². The van der Waals surface area contributed by atoms with Crippen LogP contribution in [0.5, 0.6) is 11.5 Å². The Balaban J connectivity index is 1.59. The quantitative estimate of drug-likeness (QED) is 0.437. The summed E-state index contributed by atoms with van der Waals surface area (Å²) in [5.74, 6) is 0.880. The highest BCUT2D eigenvalue weighted by Crippen LogP contribution is 2.33. The Bertz CT molecular complexity index is 982. The lowest BCUT2D eigenvalue weighted by molar-refractivity contribution is -0.123. The molecule has 0 aliphatic carbocycles. The first kappa shape index (κ1) is 21.8. The number of amidine groups is 1. The van der Waals surface area contributed by atoms with Gasteiger partial charge in [0.15, 0.2) is 23.3 Å². The number of amides is 2. The van der Waals surface area contributed by atoms with Crippen molar-refractivity contribution in [1.82, 2.24) is 10.6 Å². The van der Waals surface area contributed by atoms with Gasteiger partial charge in [-0.3, -0.25) is 9.59 Å². The van der Waals surface area contributed by atoms with E-state index in [9.17, 15) is 9.59 Å². The summed E-state index contributed by atoms with van der Waals surface area (Å²) in [4.78, 5) is 23.2. The number of carbonyl (C=O) groups is 2. The highest BCUT2D eigenvalue weighted by molar-refractivity contribution is 9.10. The van der Waals surface area contributed by atoms with Gasteiger partial charge in [0, 0.05) is 16.6 Å². The lowest BCUT2D eigenvalue weighted by atomic mass is 10.2. The Morgan fingerprint density at radius 2 is 2.10 bits per heavy atom. The maximum absolute atomic E-state index is 12.1. The Morgan fingerprint density at radius 1 is 1.30 bits per heavy atom. The fourth-order valence-electron chi connectivity index (χ4n) is 2.44. The van der Waals surface area contributed by atoms with Crippen LogP contribution in [0, 0.1) is 0 Å². The lowest BCUT2D eigenvalue weighted by Gasteiger charge is -2.12. The van der Waals surface area contributed by atoms with Crippen molar-refractivity contribution in [2.75, 3.05) is 19.5 Å². The van der Waals surface area contributed by atoms with E-state index in [1.807, 2.05) is 30.3 Å². The average Bonchev–Trinajstić information content (AvgIpc) is 3.17. The van der Waals surface area contributed by atoms with E-state index in [0.717, 1.165) is 5.56 Å². The van der Waals surface area contributed by atoms with Gasteiger partial charge in [-0.15, -0.1) is 5.10 Å². The van der Waals surface area contributed by atoms with E-state index in [1.165, 1.54) is 25.1 Å². The number of nitrogens with zero attached hydrogens (tertiary/aromatic N) is 2. The number of carbonyl (C=O) groups excluding carboxylic acids is 2. The third kappa shape index (κ3) is 6.33. The molecule has 1 aliphatic heterocycles. The number of hydrogen-bond acceptors (Lipinski definition) is 7. The largest absolute Gasteiger partial charge is 0.493 e. The third-order valence-corrected chi connectivity index (χ3v) is 5.46. The Hall–Kier alpha value is -2.85. The van der Waals surface area contributed by atoms with Crippen LogP contribution in [-0.4, -0.2) is 42.7 Å². The van der Waals surface area contributed by atoms with Gasteiger partial charge in [-0.1, -0.05) is 42.1 Å². The average molecular weight is 491 g/mol. The predicted octanol–water partition coefficient (Wildman–Crippen LogP) is 2.71. The van der Waals surface area contributed by atoms with E-state index in [2.05, 4.69) is 36.8 Å². The van der Waals surface area contributed by atoms with Crippen LogP contribution in [0.1, 0.15) is 11.1 Å². The summed E-state index contributed by atoms with van der Waals surface area (Å²) in [7, 11) is 1.51.